The number of hydrogen-bond acceptors (Lipinski definition) is 2. The quantitative estimate of drug-likeness (QED) is 0.363. The van der Waals surface area contributed by atoms with E-state index in [2.05, 4.69) is 6.92 Å². The number of hydrogen-bond donors (Lipinski definition) is 1. The molecule has 0 heterocycles. The third kappa shape index (κ3) is 17.7. The van der Waals surface area contributed by atoms with Crippen LogP contribution in [-0.2, 0) is 4.79 Å². The Balaban J connectivity index is 3.15. The van der Waals surface area contributed by atoms with Crippen LogP contribution in [0.4, 0.5) is 4.39 Å². The fourth-order valence-electron chi connectivity index (χ4n) is 2.29. The number of halogens is 1. The zero-order valence-corrected chi connectivity index (χ0v) is 14.4. The number of carboxylic acids is 1. The Morgan fingerprint density at radius 1 is 0.952 bits per heavy atom. The SMILES string of the molecule is CCCCCCCCCCCC([18F])CCSCCC(=O)O. The van der Waals surface area contributed by atoms with Gasteiger partial charge in [0.15, 0.2) is 0 Å². The highest BCUT2D eigenvalue weighted by Crippen LogP contribution is 2.16. The van der Waals surface area contributed by atoms with Crippen molar-refractivity contribution in [3.8, 4) is 0 Å². The molecule has 0 aromatic rings. The highest BCUT2D eigenvalue weighted by atomic mass is 32.2. The normalized spacial score (nSPS) is 12.5. The van der Waals surface area contributed by atoms with Crippen LogP contribution >= 0.6 is 11.8 Å². The van der Waals surface area contributed by atoms with E-state index in [1.54, 1.807) is 11.8 Å². The number of carboxylic acid groups (broad SMARTS) is 1. The molecule has 0 saturated heterocycles. The fourth-order valence-corrected chi connectivity index (χ4v) is 3.24. The lowest BCUT2D eigenvalue weighted by Crippen LogP contribution is -2.03. The van der Waals surface area contributed by atoms with E-state index < -0.39 is 12.1 Å². The minimum Gasteiger partial charge on any atom is -0.481 e. The van der Waals surface area contributed by atoms with Crippen molar-refractivity contribution in [2.75, 3.05) is 11.5 Å². The zero-order valence-electron chi connectivity index (χ0n) is 13.6. The lowest BCUT2D eigenvalue weighted by Gasteiger charge is -2.07. The maximum absolute atomic E-state index is 13.6. The second-order valence-corrected chi connectivity index (χ2v) is 6.98. The third-order valence-corrected chi connectivity index (χ3v) is 4.67. The molecule has 126 valence electrons. The largest absolute Gasteiger partial charge is 0.481 e. The molecule has 1 N–H and O–H groups in total. The molecule has 0 aliphatic heterocycles. The first-order valence-corrected chi connectivity index (χ1v) is 9.76. The second kappa shape index (κ2) is 16.1. The van der Waals surface area contributed by atoms with Crippen LogP contribution in [0.25, 0.3) is 0 Å². The molecule has 0 saturated carbocycles. The van der Waals surface area contributed by atoms with Crippen LogP contribution in [-0.4, -0.2) is 28.8 Å². The van der Waals surface area contributed by atoms with Gasteiger partial charge < -0.3 is 5.11 Å². The van der Waals surface area contributed by atoms with Crippen molar-refractivity contribution in [3.05, 3.63) is 0 Å². The van der Waals surface area contributed by atoms with E-state index in [-0.39, 0.29) is 6.42 Å². The van der Waals surface area contributed by atoms with Crippen LogP contribution < -0.4 is 0 Å². The molecule has 0 aliphatic carbocycles. The summed E-state index contributed by atoms with van der Waals surface area (Å²) in [5, 5.41) is 8.48. The van der Waals surface area contributed by atoms with Crippen molar-refractivity contribution in [1.29, 1.82) is 0 Å². The summed E-state index contributed by atoms with van der Waals surface area (Å²) in [5.41, 5.74) is 0. The number of alkyl halides is 1. The van der Waals surface area contributed by atoms with Gasteiger partial charge in [0, 0.05) is 5.75 Å². The van der Waals surface area contributed by atoms with Crippen molar-refractivity contribution in [1.82, 2.24) is 0 Å². The van der Waals surface area contributed by atoms with E-state index in [0.29, 0.717) is 18.6 Å². The molecule has 0 rings (SSSR count). The van der Waals surface area contributed by atoms with E-state index in [1.807, 2.05) is 0 Å². The number of carbonyl (C=O) groups is 1. The van der Waals surface area contributed by atoms with Gasteiger partial charge in [-0.2, -0.15) is 11.8 Å². The Bertz CT molecular complexity index is 237. The Morgan fingerprint density at radius 3 is 2.10 bits per heavy atom. The summed E-state index contributed by atoms with van der Waals surface area (Å²) in [6.07, 6.45) is 12.1. The molecule has 21 heavy (non-hydrogen) atoms. The van der Waals surface area contributed by atoms with Crippen LogP contribution in [0.2, 0.25) is 0 Å². The molecule has 0 fully saturated rings. The molecule has 0 spiro atoms. The zero-order chi connectivity index (χ0) is 15.8. The van der Waals surface area contributed by atoms with Crippen LogP contribution in [0.1, 0.15) is 84.0 Å². The van der Waals surface area contributed by atoms with Gasteiger partial charge in [-0.3, -0.25) is 4.79 Å². The van der Waals surface area contributed by atoms with Crippen LogP contribution in [0.15, 0.2) is 0 Å². The van der Waals surface area contributed by atoms with E-state index in [4.69, 9.17) is 5.11 Å². The first kappa shape index (κ1) is 20.8. The van der Waals surface area contributed by atoms with E-state index in [1.165, 1.54) is 44.9 Å². The Hall–Kier alpha value is -0.250. The van der Waals surface area contributed by atoms with E-state index >= 15 is 0 Å². The number of thioether (sulfide) groups is 1. The van der Waals surface area contributed by atoms with Gasteiger partial charge in [0.25, 0.3) is 0 Å². The predicted octanol–water partition coefficient (Wildman–Crippen LogP) is 5.84. The average molecular weight is 320 g/mol. The molecule has 0 amide bonds. The van der Waals surface area contributed by atoms with Gasteiger partial charge in [-0.15, -0.1) is 0 Å². The summed E-state index contributed by atoms with van der Waals surface area (Å²) in [6.45, 7) is 2.23. The van der Waals surface area contributed by atoms with Crippen molar-refractivity contribution in [2.24, 2.45) is 0 Å². The molecule has 1 atom stereocenters. The summed E-state index contributed by atoms with van der Waals surface area (Å²) in [5.74, 6) is 0.570. The summed E-state index contributed by atoms with van der Waals surface area (Å²) >= 11 is 1.55. The third-order valence-electron chi connectivity index (χ3n) is 3.66. The Morgan fingerprint density at radius 2 is 1.52 bits per heavy atom. The van der Waals surface area contributed by atoms with Crippen molar-refractivity contribution in [3.63, 3.8) is 0 Å². The monoisotopic (exact) mass is 319 g/mol. The average Bonchev–Trinajstić information content (AvgIpc) is 2.45. The van der Waals surface area contributed by atoms with Crippen molar-refractivity contribution >= 4 is 17.7 Å². The fraction of sp³-hybridized carbons (Fsp3) is 0.941. The van der Waals surface area contributed by atoms with Crippen LogP contribution in [0, 0.1) is 0 Å². The molecular formula is C17H33FO2S. The topological polar surface area (TPSA) is 37.3 Å². The van der Waals surface area contributed by atoms with E-state index in [0.717, 1.165) is 18.6 Å². The van der Waals surface area contributed by atoms with Gasteiger partial charge in [0.2, 0.25) is 0 Å². The number of unbranched alkanes of at least 4 members (excludes halogenated alkanes) is 8. The van der Waals surface area contributed by atoms with Gasteiger partial charge in [-0.25, -0.2) is 4.39 Å². The van der Waals surface area contributed by atoms with Gasteiger partial charge in [-0.05, 0) is 18.6 Å². The summed E-state index contributed by atoms with van der Waals surface area (Å²) in [4.78, 5) is 10.3. The van der Waals surface area contributed by atoms with Crippen molar-refractivity contribution in [2.45, 2.75) is 90.1 Å². The minimum atomic E-state index is -0.769. The number of aliphatic carboxylic acids is 1. The first-order chi connectivity index (χ1) is 10.2. The Labute approximate surface area is 134 Å². The van der Waals surface area contributed by atoms with Gasteiger partial charge in [-0.1, -0.05) is 64.7 Å². The Kier molecular flexibility index (Phi) is 15.9. The molecule has 4 heteroatoms. The molecule has 0 bridgehead atoms. The van der Waals surface area contributed by atoms with Gasteiger partial charge in [0.1, 0.15) is 6.17 Å². The van der Waals surface area contributed by atoms with Crippen LogP contribution in [0.5, 0.6) is 0 Å². The molecule has 0 aromatic carbocycles. The molecular weight excluding hydrogens is 286 g/mol. The molecule has 1 unspecified atom stereocenters. The van der Waals surface area contributed by atoms with Gasteiger partial charge >= 0.3 is 5.97 Å². The molecule has 0 aromatic heterocycles. The summed E-state index contributed by atoms with van der Waals surface area (Å²) in [6, 6.07) is 0. The highest BCUT2D eigenvalue weighted by Gasteiger charge is 2.06. The van der Waals surface area contributed by atoms with E-state index in [9.17, 15) is 9.18 Å². The summed E-state index contributed by atoms with van der Waals surface area (Å²) < 4.78 is 13.6. The molecule has 0 radical (unpaired) electrons. The maximum atomic E-state index is 13.6. The van der Waals surface area contributed by atoms with Crippen molar-refractivity contribution < 1.29 is 14.3 Å². The lowest BCUT2D eigenvalue weighted by atomic mass is 10.0. The minimum absolute atomic E-state index is 0.180. The first-order valence-electron chi connectivity index (χ1n) is 8.60. The smallest absolute Gasteiger partial charge is 0.304 e. The number of rotatable bonds is 16. The van der Waals surface area contributed by atoms with Crippen LogP contribution in [0.3, 0.4) is 0 Å². The van der Waals surface area contributed by atoms with Gasteiger partial charge in [0.05, 0.1) is 6.42 Å². The second-order valence-electron chi connectivity index (χ2n) is 5.76. The maximum Gasteiger partial charge on any atom is 0.304 e. The highest BCUT2D eigenvalue weighted by molar-refractivity contribution is 7.99. The lowest BCUT2D eigenvalue weighted by molar-refractivity contribution is -0.136. The predicted molar refractivity (Wildman–Crippen MR) is 90.9 cm³/mol. The molecule has 0 aliphatic rings. The molecule has 2 nitrogen and oxygen atoms in total. The standard InChI is InChI=1S/C17H33FO2S/c1-2-3-4-5-6-7-8-9-10-11-16(18)12-14-21-15-13-17(19)20/h16H,2-15H2,1H3,(H,19,20)/i18-1. The summed E-state index contributed by atoms with van der Waals surface area (Å²) in [7, 11) is 0.